The van der Waals surface area contributed by atoms with E-state index in [0.717, 1.165) is 86.5 Å². The molecule has 3 aliphatic rings. The molecule has 0 aromatic carbocycles. The second kappa shape index (κ2) is 8.05. The van der Waals surface area contributed by atoms with Crippen LogP contribution in [0.25, 0.3) is 11.1 Å². The average molecular weight is 397 g/mol. The first-order valence-electron chi connectivity index (χ1n) is 11.5. The monoisotopic (exact) mass is 396 g/mol. The third-order valence-corrected chi connectivity index (χ3v) is 6.87. The van der Waals surface area contributed by atoms with Gasteiger partial charge in [0.05, 0.1) is 16.6 Å². The summed E-state index contributed by atoms with van der Waals surface area (Å²) in [6, 6.07) is 2.04. The Morgan fingerprint density at radius 2 is 2.00 bits per heavy atom. The van der Waals surface area contributed by atoms with Gasteiger partial charge in [0.25, 0.3) is 11.6 Å². The van der Waals surface area contributed by atoms with Gasteiger partial charge in [-0.25, -0.2) is 4.98 Å². The van der Waals surface area contributed by atoms with Gasteiger partial charge in [-0.2, -0.15) is 0 Å². The Morgan fingerprint density at radius 3 is 2.72 bits per heavy atom. The first-order valence-corrected chi connectivity index (χ1v) is 11.5. The molecule has 0 atom stereocenters. The van der Waals surface area contributed by atoms with Crippen LogP contribution in [0.4, 0.5) is 0 Å². The van der Waals surface area contributed by atoms with Crippen LogP contribution in [-0.2, 0) is 6.42 Å². The number of pyridine rings is 1. The van der Waals surface area contributed by atoms with Gasteiger partial charge < -0.3 is 14.3 Å². The quantitative estimate of drug-likeness (QED) is 0.738. The first kappa shape index (κ1) is 19.0. The smallest absolute Gasteiger partial charge is 0.259 e. The van der Waals surface area contributed by atoms with Crippen LogP contribution in [0.5, 0.6) is 0 Å². The number of carbonyl (C=O) groups excluding carboxylic acids is 1. The van der Waals surface area contributed by atoms with Crippen LogP contribution in [0.15, 0.2) is 10.6 Å². The number of hydrogen-bond acceptors (Lipinski definition) is 5. The van der Waals surface area contributed by atoms with E-state index in [9.17, 15) is 4.79 Å². The molecule has 6 nitrogen and oxygen atoms in total. The highest BCUT2D eigenvalue weighted by Crippen LogP contribution is 2.40. The lowest BCUT2D eigenvalue weighted by molar-refractivity contribution is 0.0760. The van der Waals surface area contributed by atoms with Crippen LogP contribution in [0.2, 0.25) is 0 Å². The number of rotatable bonds is 6. The third-order valence-electron chi connectivity index (χ3n) is 6.87. The Labute approximate surface area is 172 Å². The molecule has 0 unspecified atom stereocenters. The fraction of sp³-hybridized carbons (Fsp3) is 0.696. The van der Waals surface area contributed by atoms with Crippen LogP contribution < -0.4 is 0 Å². The van der Waals surface area contributed by atoms with E-state index >= 15 is 0 Å². The Morgan fingerprint density at radius 1 is 1.14 bits per heavy atom. The SMILES string of the molecule is CCCc1noc2nc(C3CC3)cc(C(=O)N3CCCN(CC4CCC4)CC3)c12. The molecule has 0 bridgehead atoms. The van der Waals surface area contributed by atoms with Crippen molar-refractivity contribution in [2.24, 2.45) is 5.92 Å². The summed E-state index contributed by atoms with van der Waals surface area (Å²) in [4.78, 5) is 22.9. The van der Waals surface area contributed by atoms with Crippen LogP contribution in [0.3, 0.4) is 0 Å². The molecule has 1 saturated heterocycles. The normalized spacial score (nSPS) is 21.3. The molecule has 1 amide bonds. The summed E-state index contributed by atoms with van der Waals surface area (Å²) in [7, 11) is 0. The van der Waals surface area contributed by atoms with Crippen LogP contribution in [-0.4, -0.2) is 58.6 Å². The molecule has 3 fully saturated rings. The summed E-state index contributed by atoms with van der Waals surface area (Å²) in [5.41, 5.74) is 3.18. The average Bonchev–Trinajstić information content (AvgIpc) is 3.50. The minimum Gasteiger partial charge on any atom is -0.337 e. The van der Waals surface area contributed by atoms with E-state index in [0.29, 0.717) is 11.6 Å². The van der Waals surface area contributed by atoms with Gasteiger partial charge in [0.15, 0.2) is 0 Å². The van der Waals surface area contributed by atoms with Crippen molar-refractivity contribution in [3.63, 3.8) is 0 Å². The predicted octanol–water partition coefficient (Wildman–Crippen LogP) is 4.00. The summed E-state index contributed by atoms with van der Waals surface area (Å²) in [6.45, 7) is 7.06. The molecular formula is C23H32N4O2. The molecule has 6 heteroatoms. The van der Waals surface area contributed by atoms with Crippen molar-refractivity contribution in [3.8, 4) is 0 Å². The van der Waals surface area contributed by atoms with Gasteiger partial charge in [0, 0.05) is 37.8 Å². The molecule has 1 aliphatic heterocycles. The molecule has 5 rings (SSSR count). The van der Waals surface area contributed by atoms with Gasteiger partial charge in [-0.05, 0) is 57.1 Å². The van der Waals surface area contributed by atoms with Crippen molar-refractivity contribution in [1.29, 1.82) is 0 Å². The maximum atomic E-state index is 13.6. The minimum absolute atomic E-state index is 0.130. The number of nitrogens with zero attached hydrogens (tertiary/aromatic N) is 4. The summed E-state index contributed by atoms with van der Waals surface area (Å²) in [5.74, 6) is 1.49. The van der Waals surface area contributed by atoms with E-state index in [1.807, 2.05) is 6.07 Å². The molecule has 2 aromatic rings. The zero-order valence-electron chi connectivity index (χ0n) is 17.5. The topological polar surface area (TPSA) is 62.5 Å². The third kappa shape index (κ3) is 3.91. The molecule has 0 radical (unpaired) electrons. The van der Waals surface area contributed by atoms with Crippen molar-refractivity contribution in [2.75, 3.05) is 32.7 Å². The fourth-order valence-electron chi connectivity index (χ4n) is 4.76. The van der Waals surface area contributed by atoms with Crippen LogP contribution in [0, 0.1) is 5.92 Å². The van der Waals surface area contributed by atoms with Gasteiger partial charge in [0.1, 0.15) is 0 Å². The van der Waals surface area contributed by atoms with Crippen molar-refractivity contribution < 1.29 is 9.32 Å². The second-order valence-electron chi connectivity index (χ2n) is 9.17. The summed E-state index contributed by atoms with van der Waals surface area (Å²) in [5, 5.41) is 5.10. The zero-order chi connectivity index (χ0) is 19.8. The maximum absolute atomic E-state index is 13.6. The number of fused-ring (bicyclic) bond motifs is 1. The maximum Gasteiger partial charge on any atom is 0.259 e. The molecule has 2 saturated carbocycles. The van der Waals surface area contributed by atoms with E-state index in [2.05, 4.69) is 21.9 Å². The highest BCUT2D eigenvalue weighted by Gasteiger charge is 2.31. The molecule has 2 aliphatic carbocycles. The predicted molar refractivity (Wildman–Crippen MR) is 112 cm³/mol. The molecule has 0 spiro atoms. The highest BCUT2D eigenvalue weighted by atomic mass is 16.5. The van der Waals surface area contributed by atoms with Crippen molar-refractivity contribution >= 4 is 17.0 Å². The minimum atomic E-state index is 0.130. The van der Waals surface area contributed by atoms with Crippen LogP contribution >= 0.6 is 0 Å². The van der Waals surface area contributed by atoms with E-state index in [1.54, 1.807) is 0 Å². The number of carbonyl (C=O) groups is 1. The van der Waals surface area contributed by atoms with E-state index in [4.69, 9.17) is 9.51 Å². The van der Waals surface area contributed by atoms with Gasteiger partial charge >= 0.3 is 0 Å². The Balaban J connectivity index is 1.39. The zero-order valence-corrected chi connectivity index (χ0v) is 17.5. The largest absolute Gasteiger partial charge is 0.337 e. The highest BCUT2D eigenvalue weighted by molar-refractivity contribution is 6.06. The summed E-state index contributed by atoms with van der Waals surface area (Å²) in [6.07, 6.45) is 9.30. The van der Waals surface area contributed by atoms with Gasteiger partial charge in [-0.3, -0.25) is 4.79 Å². The summed E-state index contributed by atoms with van der Waals surface area (Å²) < 4.78 is 5.56. The Bertz CT molecular complexity index is 884. The van der Waals surface area contributed by atoms with E-state index < -0.39 is 0 Å². The van der Waals surface area contributed by atoms with Gasteiger partial charge in [0.2, 0.25) is 0 Å². The Hall–Kier alpha value is -1.95. The van der Waals surface area contributed by atoms with Crippen molar-refractivity contribution in [1.82, 2.24) is 19.9 Å². The molecule has 156 valence electrons. The van der Waals surface area contributed by atoms with Gasteiger partial charge in [-0.1, -0.05) is 24.9 Å². The molecular weight excluding hydrogens is 364 g/mol. The van der Waals surface area contributed by atoms with Crippen LogP contribution in [0.1, 0.15) is 79.5 Å². The van der Waals surface area contributed by atoms with E-state index in [-0.39, 0.29) is 5.91 Å². The van der Waals surface area contributed by atoms with Crippen molar-refractivity contribution in [2.45, 2.75) is 64.2 Å². The lowest BCUT2D eigenvalue weighted by Gasteiger charge is -2.31. The standard InChI is InChI=1S/C23H32N4O2/c1-2-5-19-21-18(14-20(17-8-9-17)24-22(21)29-25-19)23(28)27-11-4-10-26(12-13-27)15-16-6-3-7-16/h14,16-17H,2-13,15H2,1H3. The Kier molecular flexibility index (Phi) is 5.29. The molecule has 29 heavy (non-hydrogen) atoms. The molecule has 3 heterocycles. The number of aryl methyl sites for hydroxylation is 1. The first-order chi connectivity index (χ1) is 14.2. The van der Waals surface area contributed by atoms with Gasteiger partial charge in [-0.15, -0.1) is 0 Å². The molecule has 0 N–H and O–H groups in total. The molecule has 2 aromatic heterocycles. The number of amides is 1. The number of hydrogen-bond donors (Lipinski definition) is 0. The van der Waals surface area contributed by atoms with Crippen molar-refractivity contribution in [3.05, 3.63) is 23.0 Å². The lowest BCUT2D eigenvalue weighted by atomic mass is 9.85. The fourth-order valence-corrected chi connectivity index (χ4v) is 4.76. The summed E-state index contributed by atoms with van der Waals surface area (Å²) >= 11 is 0. The lowest BCUT2D eigenvalue weighted by Crippen LogP contribution is -2.37. The number of aromatic nitrogens is 2. The van der Waals surface area contributed by atoms with E-state index in [1.165, 1.54) is 25.8 Å². The second-order valence-corrected chi connectivity index (χ2v) is 9.17.